The van der Waals surface area contributed by atoms with Crippen LogP contribution < -0.4 is 5.32 Å². The van der Waals surface area contributed by atoms with Crippen molar-refractivity contribution in [3.63, 3.8) is 0 Å². The van der Waals surface area contributed by atoms with Crippen LogP contribution in [0.5, 0.6) is 0 Å². The maximum Gasteiger partial charge on any atom is 0.418 e. The van der Waals surface area contributed by atoms with Gasteiger partial charge >= 0.3 is 12.1 Å². The summed E-state index contributed by atoms with van der Waals surface area (Å²) in [6.07, 6.45) is -4.86. The smallest absolute Gasteiger partial charge is 0.418 e. The van der Waals surface area contributed by atoms with E-state index in [1.165, 1.54) is 12.1 Å². The quantitative estimate of drug-likeness (QED) is 0.860. The Labute approximate surface area is 113 Å². The van der Waals surface area contributed by atoms with Crippen molar-refractivity contribution in [1.82, 2.24) is 0 Å². The summed E-state index contributed by atoms with van der Waals surface area (Å²) in [5.41, 5.74) is -1.13. The average Bonchev–Trinajstić information content (AvgIpc) is 2.25. The van der Waals surface area contributed by atoms with Crippen LogP contribution in [-0.4, -0.2) is 18.6 Å². The fourth-order valence-corrected chi connectivity index (χ4v) is 1.55. The van der Waals surface area contributed by atoms with Gasteiger partial charge in [-0.25, -0.2) is 0 Å². The van der Waals surface area contributed by atoms with E-state index in [1.54, 1.807) is 13.8 Å². The van der Waals surface area contributed by atoms with Crippen molar-refractivity contribution in [3.05, 3.63) is 28.8 Å². The van der Waals surface area contributed by atoms with Gasteiger partial charge in [-0.2, -0.15) is 13.2 Å². The number of hydrogen-bond donors (Lipinski definition) is 1. The molecular weight excluding hydrogens is 283 g/mol. The highest BCUT2D eigenvalue weighted by atomic mass is 35.5. The molecule has 19 heavy (non-hydrogen) atoms. The summed E-state index contributed by atoms with van der Waals surface area (Å²) in [6, 6.07) is 3.29. The molecule has 0 spiro atoms. The molecule has 0 saturated carbocycles. The number of carbonyl (C=O) groups is 1. The lowest BCUT2D eigenvalue weighted by Gasteiger charge is -2.15. The molecule has 0 aliphatic carbocycles. The predicted octanol–water partition coefficient (Wildman–Crippen LogP) is 3.72. The zero-order chi connectivity index (χ0) is 14.6. The van der Waals surface area contributed by atoms with Crippen LogP contribution in [0.4, 0.5) is 18.9 Å². The second-order valence-corrected chi connectivity index (χ2v) is 4.52. The molecule has 1 N–H and O–H groups in total. The van der Waals surface area contributed by atoms with Gasteiger partial charge in [-0.3, -0.25) is 4.79 Å². The molecule has 0 aliphatic rings. The molecule has 0 aliphatic heterocycles. The Kier molecular flexibility index (Phi) is 5.05. The van der Waals surface area contributed by atoms with Crippen LogP contribution in [0.15, 0.2) is 18.2 Å². The molecule has 0 fully saturated rings. The van der Waals surface area contributed by atoms with Gasteiger partial charge in [0, 0.05) is 10.7 Å². The van der Waals surface area contributed by atoms with E-state index in [1.807, 2.05) is 0 Å². The second-order valence-electron chi connectivity index (χ2n) is 4.08. The first-order valence-corrected chi connectivity index (χ1v) is 5.88. The largest absolute Gasteiger partial charge is 0.462 e. The maximum absolute atomic E-state index is 12.7. The molecule has 1 aromatic rings. The summed E-state index contributed by atoms with van der Waals surface area (Å²) in [6.45, 7) is 2.96. The Bertz CT molecular complexity index is 461. The van der Waals surface area contributed by atoms with Crippen molar-refractivity contribution in [3.8, 4) is 0 Å². The standard InChI is InChI=1S/C12H13ClF3NO2/c1-7(2)19-11(18)6-17-10-4-3-8(13)5-9(10)12(14,15)16/h3-5,7,17H,6H2,1-2H3. The van der Waals surface area contributed by atoms with Crippen molar-refractivity contribution in [1.29, 1.82) is 0 Å². The summed E-state index contributed by atoms with van der Waals surface area (Å²) >= 11 is 5.54. The molecule has 3 nitrogen and oxygen atoms in total. The number of ether oxygens (including phenoxy) is 1. The third-order valence-corrected chi connectivity index (χ3v) is 2.31. The number of esters is 1. The Morgan fingerprint density at radius 1 is 1.42 bits per heavy atom. The third kappa shape index (κ3) is 4.98. The molecule has 0 bridgehead atoms. The normalized spacial score (nSPS) is 11.5. The van der Waals surface area contributed by atoms with Crippen LogP contribution in [0.1, 0.15) is 19.4 Å². The van der Waals surface area contributed by atoms with E-state index in [-0.39, 0.29) is 23.4 Å². The summed E-state index contributed by atoms with van der Waals surface area (Å²) in [4.78, 5) is 11.3. The van der Waals surface area contributed by atoms with E-state index < -0.39 is 17.7 Å². The molecule has 0 heterocycles. The minimum absolute atomic E-state index is 0.0253. The number of anilines is 1. The molecule has 0 unspecified atom stereocenters. The third-order valence-electron chi connectivity index (χ3n) is 2.08. The lowest BCUT2D eigenvalue weighted by atomic mass is 10.1. The molecule has 106 valence electrons. The minimum Gasteiger partial charge on any atom is -0.462 e. The highest BCUT2D eigenvalue weighted by molar-refractivity contribution is 6.30. The van der Waals surface area contributed by atoms with Gasteiger partial charge in [0.25, 0.3) is 0 Å². The fourth-order valence-electron chi connectivity index (χ4n) is 1.38. The van der Waals surface area contributed by atoms with Crippen LogP contribution in [0.25, 0.3) is 0 Å². The van der Waals surface area contributed by atoms with Crippen molar-refractivity contribution in [2.45, 2.75) is 26.1 Å². The molecule has 0 radical (unpaired) electrons. The van der Waals surface area contributed by atoms with Crippen LogP contribution in [-0.2, 0) is 15.7 Å². The SMILES string of the molecule is CC(C)OC(=O)CNc1ccc(Cl)cc1C(F)(F)F. The summed E-state index contributed by atoms with van der Waals surface area (Å²) in [7, 11) is 0. The van der Waals surface area contributed by atoms with E-state index in [2.05, 4.69) is 5.32 Å². The fraction of sp³-hybridized carbons (Fsp3) is 0.417. The van der Waals surface area contributed by atoms with Crippen LogP contribution in [0.3, 0.4) is 0 Å². The van der Waals surface area contributed by atoms with Crippen molar-refractivity contribution in [2.24, 2.45) is 0 Å². The van der Waals surface area contributed by atoms with E-state index >= 15 is 0 Å². The number of rotatable bonds is 4. The van der Waals surface area contributed by atoms with Crippen LogP contribution in [0.2, 0.25) is 5.02 Å². The zero-order valence-electron chi connectivity index (χ0n) is 10.3. The first-order valence-electron chi connectivity index (χ1n) is 5.50. The highest BCUT2D eigenvalue weighted by Gasteiger charge is 2.33. The molecule has 0 amide bonds. The minimum atomic E-state index is -4.55. The van der Waals surface area contributed by atoms with Crippen LogP contribution >= 0.6 is 11.6 Å². The summed E-state index contributed by atoms with van der Waals surface area (Å²) in [5, 5.41) is 2.37. The monoisotopic (exact) mass is 295 g/mol. The van der Waals surface area contributed by atoms with Gasteiger partial charge < -0.3 is 10.1 Å². The Morgan fingerprint density at radius 2 is 2.05 bits per heavy atom. The first-order chi connectivity index (χ1) is 8.70. The number of carbonyl (C=O) groups excluding carboxylic acids is 1. The van der Waals surface area contributed by atoms with Gasteiger partial charge in [0.05, 0.1) is 11.7 Å². The van der Waals surface area contributed by atoms with Crippen molar-refractivity contribution in [2.75, 3.05) is 11.9 Å². The lowest BCUT2D eigenvalue weighted by Crippen LogP contribution is -2.21. The molecule has 7 heteroatoms. The Morgan fingerprint density at radius 3 is 2.58 bits per heavy atom. The summed E-state index contributed by atoms with van der Waals surface area (Å²) in [5.74, 6) is -0.627. The van der Waals surface area contributed by atoms with Gasteiger partial charge in [-0.05, 0) is 32.0 Å². The van der Waals surface area contributed by atoms with E-state index in [4.69, 9.17) is 16.3 Å². The zero-order valence-corrected chi connectivity index (χ0v) is 11.1. The van der Waals surface area contributed by atoms with Gasteiger partial charge in [0.2, 0.25) is 0 Å². The molecular formula is C12H13ClF3NO2. The topological polar surface area (TPSA) is 38.3 Å². The van der Waals surface area contributed by atoms with Crippen molar-refractivity contribution < 1.29 is 22.7 Å². The second kappa shape index (κ2) is 6.14. The van der Waals surface area contributed by atoms with E-state index in [9.17, 15) is 18.0 Å². The molecule has 0 saturated heterocycles. The molecule has 0 aromatic heterocycles. The Hall–Kier alpha value is -1.43. The maximum atomic E-state index is 12.7. The average molecular weight is 296 g/mol. The number of halogens is 4. The van der Waals surface area contributed by atoms with E-state index in [0.29, 0.717) is 0 Å². The Balaban J connectivity index is 2.81. The van der Waals surface area contributed by atoms with Crippen molar-refractivity contribution >= 4 is 23.3 Å². The first kappa shape index (κ1) is 15.6. The number of nitrogens with one attached hydrogen (secondary N) is 1. The van der Waals surface area contributed by atoms with Gasteiger partial charge in [0.15, 0.2) is 0 Å². The molecule has 1 aromatic carbocycles. The number of benzene rings is 1. The lowest BCUT2D eigenvalue weighted by molar-refractivity contribution is -0.145. The highest BCUT2D eigenvalue weighted by Crippen LogP contribution is 2.36. The summed E-state index contributed by atoms with van der Waals surface area (Å²) < 4.78 is 43.1. The van der Waals surface area contributed by atoms with Gasteiger partial charge in [-0.1, -0.05) is 11.6 Å². The molecule has 1 rings (SSSR count). The van der Waals surface area contributed by atoms with Crippen LogP contribution in [0, 0.1) is 0 Å². The molecule has 0 atom stereocenters. The van der Waals surface area contributed by atoms with Gasteiger partial charge in [-0.15, -0.1) is 0 Å². The predicted molar refractivity (Wildman–Crippen MR) is 66.2 cm³/mol. The number of alkyl halides is 3. The van der Waals surface area contributed by atoms with E-state index in [0.717, 1.165) is 6.07 Å². The van der Waals surface area contributed by atoms with Gasteiger partial charge in [0.1, 0.15) is 6.54 Å². The number of hydrogen-bond acceptors (Lipinski definition) is 3.